The number of hydrogen-bond donors (Lipinski definition) is 0. The lowest BCUT2D eigenvalue weighted by atomic mass is 9.90. The Morgan fingerprint density at radius 2 is 2.37 bits per heavy atom. The molecule has 0 N–H and O–H groups in total. The van der Waals surface area contributed by atoms with Crippen molar-refractivity contribution in [1.29, 1.82) is 0 Å². The number of likely N-dealkylation sites (tertiary alicyclic amines) is 1. The van der Waals surface area contributed by atoms with Crippen LogP contribution in [-0.2, 0) is 11.8 Å². The molecule has 3 heterocycles. The predicted octanol–water partition coefficient (Wildman–Crippen LogP) is 1.78. The lowest BCUT2D eigenvalue weighted by Gasteiger charge is -2.23. The van der Waals surface area contributed by atoms with Gasteiger partial charge in [0.1, 0.15) is 0 Å². The van der Waals surface area contributed by atoms with Gasteiger partial charge in [-0.25, -0.2) is 0 Å². The molecule has 2 atom stereocenters. The highest BCUT2D eigenvalue weighted by Crippen LogP contribution is 2.43. The maximum Gasteiger partial charge on any atom is 0.0827 e. The molecule has 0 aromatic carbocycles. The van der Waals surface area contributed by atoms with Crippen LogP contribution in [-0.4, -0.2) is 46.5 Å². The van der Waals surface area contributed by atoms with Crippen LogP contribution in [0, 0.1) is 5.92 Å². The Morgan fingerprint density at radius 3 is 3.11 bits per heavy atom. The lowest BCUT2D eigenvalue weighted by Crippen LogP contribution is -2.33. The molecule has 1 aromatic heterocycles. The molecule has 4 rings (SSSR count). The van der Waals surface area contributed by atoms with Gasteiger partial charge in [-0.1, -0.05) is 0 Å². The van der Waals surface area contributed by atoms with Crippen LogP contribution in [0.5, 0.6) is 0 Å². The minimum atomic E-state index is 0.148. The Kier molecular flexibility index (Phi) is 2.71. The topological polar surface area (TPSA) is 30.3 Å². The molecule has 1 spiro atoms. The molecule has 1 aliphatic carbocycles. The van der Waals surface area contributed by atoms with Crippen molar-refractivity contribution in [3.8, 4) is 0 Å². The van der Waals surface area contributed by atoms with Crippen LogP contribution in [0.25, 0.3) is 0 Å². The Labute approximate surface area is 114 Å². The zero-order valence-corrected chi connectivity index (χ0v) is 11.7. The molecule has 4 heteroatoms. The number of aryl methyl sites for hydroxylation is 1. The summed E-state index contributed by atoms with van der Waals surface area (Å²) < 4.78 is 8.13. The van der Waals surface area contributed by atoms with Gasteiger partial charge in [-0.3, -0.25) is 4.68 Å². The molecular formula is C15H23N3O. The maximum absolute atomic E-state index is 6.23. The summed E-state index contributed by atoms with van der Waals surface area (Å²) >= 11 is 0. The number of ether oxygens (including phenoxy) is 1. The number of rotatable bonds is 3. The Bertz CT molecular complexity index is 468. The van der Waals surface area contributed by atoms with Crippen LogP contribution in [0.1, 0.15) is 37.2 Å². The van der Waals surface area contributed by atoms with E-state index in [-0.39, 0.29) is 5.60 Å². The fourth-order valence-corrected chi connectivity index (χ4v) is 3.74. The molecule has 0 bridgehead atoms. The predicted molar refractivity (Wildman–Crippen MR) is 73.0 cm³/mol. The number of aromatic nitrogens is 2. The van der Waals surface area contributed by atoms with E-state index >= 15 is 0 Å². The first-order valence-electron chi connectivity index (χ1n) is 7.57. The van der Waals surface area contributed by atoms with E-state index in [2.05, 4.69) is 16.2 Å². The largest absolute Gasteiger partial charge is 0.373 e. The van der Waals surface area contributed by atoms with Crippen molar-refractivity contribution >= 4 is 0 Å². The Morgan fingerprint density at radius 1 is 1.47 bits per heavy atom. The number of hydrogen-bond acceptors (Lipinski definition) is 3. The summed E-state index contributed by atoms with van der Waals surface area (Å²) in [6.07, 6.45) is 9.44. The highest BCUT2D eigenvalue weighted by atomic mass is 16.5. The molecule has 0 amide bonds. The second-order valence-electron chi connectivity index (χ2n) is 6.77. The average molecular weight is 261 g/mol. The molecule has 2 unspecified atom stereocenters. The minimum Gasteiger partial charge on any atom is -0.373 e. The molecule has 3 fully saturated rings. The van der Waals surface area contributed by atoms with Crippen LogP contribution in [0.2, 0.25) is 0 Å². The van der Waals surface area contributed by atoms with Gasteiger partial charge in [0.25, 0.3) is 0 Å². The lowest BCUT2D eigenvalue weighted by molar-refractivity contribution is 0.0121. The molecule has 19 heavy (non-hydrogen) atoms. The summed E-state index contributed by atoms with van der Waals surface area (Å²) in [7, 11) is 1.99. The molecule has 3 aliphatic rings. The van der Waals surface area contributed by atoms with Gasteiger partial charge in [0.15, 0.2) is 0 Å². The second kappa shape index (κ2) is 4.32. The van der Waals surface area contributed by atoms with Crippen LogP contribution in [0.3, 0.4) is 0 Å². The summed E-state index contributed by atoms with van der Waals surface area (Å²) in [6.45, 7) is 4.57. The van der Waals surface area contributed by atoms with Gasteiger partial charge in [-0.2, -0.15) is 5.10 Å². The van der Waals surface area contributed by atoms with Crippen molar-refractivity contribution in [2.24, 2.45) is 13.0 Å². The van der Waals surface area contributed by atoms with E-state index in [0.29, 0.717) is 5.92 Å². The van der Waals surface area contributed by atoms with Gasteiger partial charge < -0.3 is 9.64 Å². The third kappa shape index (κ3) is 2.32. The maximum atomic E-state index is 6.23. The van der Waals surface area contributed by atoms with Gasteiger partial charge in [0.2, 0.25) is 0 Å². The number of nitrogens with zero attached hydrogens (tertiary/aromatic N) is 3. The van der Waals surface area contributed by atoms with Gasteiger partial charge >= 0.3 is 0 Å². The smallest absolute Gasteiger partial charge is 0.0827 e. The first-order valence-corrected chi connectivity index (χ1v) is 7.57. The van der Waals surface area contributed by atoms with E-state index in [4.69, 9.17) is 4.74 Å². The van der Waals surface area contributed by atoms with Crippen LogP contribution in [0.15, 0.2) is 12.4 Å². The third-order valence-electron chi connectivity index (χ3n) is 5.01. The van der Waals surface area contributed by atoms with E-state index in [0.717, 1.165) is 19.1 Å². The van der Waals surface area contributed by atoms with Crippen molar-refractivity contribution in [1.82, 2.24) is 14.7 Å². The van der Waals surface area contributed by atoms with Gasteiger partial charge in [-0.15, -0.1) is 0 Å². The molecule has 1 saturated carbocycles. The fraction of sp³-hybridized carbons (Fsp3) is 0.800. The van der Waals surface area contributed by atoms with E-state index in [1.54, 1.807) is 0 Å². The standard InChI is InChI=1S/C15H23N3O/c1-17-9-14(7-16-17)13-6-15(19-10-13)4-5-18(11-15)8-12-2-3-12/h7,9,12-13H,2-6,8,10-11H2,1H3. The SMILES string of the molecule is Cn1cc(C2COC3(CCN(CC4CC4)C3)C2)cn1. The van der Waals surface area contributed by atoms with E-state index in [1.807, 2.05) is 17.9 Å². The molecule has 104 valence electrons. The van der Waals surface area contributed by atoms with Gasteiger partial charge in [-0.05, 0) is 37.2 Å². The van der Waals surface area contributed by atoms with E-state index in [9.17, 15) is 0 Å². The molecule has 2 saturated heterocycles. The molecule has 4 nitrogen and oxygen atoms in total. The highest BCUT2D eigenvalue weighted by Gasteiger charge is 2.46. The molecular weight excluding hydrogens is 238 g/mol. The average Bonchev–Trinajstić information content (AvgIpc) is 2.81. The van der Waals surface area contributed by atoms with E-state index in [1.165, 1.54) is 44.3 Å². The fourth-order valence-electron chi connectivity index (χ4n) is 3.74. The van der Waals surface area contributed by atoms with Crippen molar-refractivity contribution in [2.75, 3.05) is 26.2 Å². The summed E-state index contributed by atoms with van der Waals surface area (Å²) in [5.74, 6) is 1.54. The summed E-state index contributed by atoms with van der Waals surface area (Å²) in [5.41, 5.74) is 1.50. The molecule has 2 aliphatic heterocycles. The van der Waals surface area contributed by atoms with Gasteiger partial charge in [0.05, 0.1) is 18.4 Å². The highest BCUT2D eigenvalue weighted by molar-refractivity contribution is 5.16. The summed E-state index contributed by atoms with van der Waals surface area (Å²) in [5, 5.41) is 4.29. The van der Waals surface area contributed by atoms with Crippen LogP contribution in [0.4, 0.5) is 0 Å². The molecule has 1 aromatic rings. The van der Waals surface area contributed by atoms with Crippen molar-refractivity contribution in [3.05, 3.63) is 18.0 Å². The van der Waals surface area contributed by atoms with Crippen molar-refractivity contribution in [2.45, 2.75) is 37.2 Å². The van der Waals surface area contributed by atoms with Crippen molar-refractivity contribution < 1.29 is 4.74 Å². The summed E-state index contributed by atoms with van der Waals surface area (Å²) in [6, 6.07) is 0. The minimum absolute atomic E-state index is 0.148. The monoisotopic (exact) mass is 261 g/mol. The quantitative estimate of drug-likeness (QED) is 0.831. The zero-order chi connectivity index (χ0) is 12.9. The van der Waals surface area contributed by atoms with Crippen LogP contribution < -0.4 is 0 Å². The third-order valence-corrected chi connectivity index (χ3v) is 5.01. The second-order valence-corrected chi connectivity index (χ2v) is 6.77. The van der Waals surface area contributed by atoms with Crippen LogP contribution >= 0.6 is 0 Å². The zero-order valence-electron chi connectivity index (χ0n) is 11.7. The first-order chi connectivity index (χ1) is 9.22. The van der Waals surface area contributed by atoms with Crippen molar-refractivity contribution in [3.63, 3.8) is 0 Å². The normalized spacial score (nSPS) is 35.5. The Balaban J connectivity index is 1.40. The molecule has 0 radical (unpaired) electrons. The Hall–Kier alpha value is -0.870. The first kappa shape index (κ1) is 11.9. The summed E-state index contributed by atoms with van der Waals surface area (Å²) in [4.78, 5) is 2.63. The van der Waals surface area contributed by atoms with Gasteiger partial charge in [0, 0.05) is 38.8 Å². The van der Waals surface area contributed by atoms with E-state index < -0.39 is 0 Å².